The molecule has 0 saturated carbocycles. The number of aliphatic hydroxyl groups is 1. The van der Waals surface area contributed by atoms with Gasteiger partial charge >= 0.3 is 0 Å². The summed E-state index contributed by atoms with van der Waals surface area (Å²) in [4.78, 5) is 31.8. The number of amides is 1. The van der Waals surface area contributed by atoms with E-state index < -0.39 is 11.5 Å². The number of pyridine rings is 1. The van der Waals surface area contributed by atoms with Crippen LogP contribution in [0.4, 0.5) is 5.95 Å². The lowest BCUT2D eigenvalue weighted by atomic mass is 9.94. The van der Waals surface area contributed by atoms with Gasteiger partial charge in [-0.15, -0.1) is 0 Å². The second kappa shape index (κ2) is 9.28. The van der Waals surface area contributed by atoms with E-state index >= 15 is 0 Å². The third kappa shape index (κ3) is 4.75. The molecule has 12 heteroatoms. The summed E-state index contributed by atoms with van der Waals surface area (Å²) in [6.45, 7) is 5.73. The number of rotatable bonds is 6. The Hall–Kier alpha value is -4.32. The molecule has 2 aliphatic heterocycles. The number of hydrogen-bond acceptors (Lipinski definition) is 11. The van der Waals surface area contributed by atoms with Crippen LogP contribution in [0.25, 0.3) is 22.8 Å². The van der Waals surface area contributed by atoms with E-state index in [1.165, 1.54) is 11.1 Å². The van der Waals surface area contributed by atoms with Gasteiger partial charge < -0.3 is 30.3 Å². The first-order valence-electron chi connectivity index (χ1n) is 11.8. The summed E-state index contributed by atoms with van der Waals surface area (Å²) in [6, 6.07) is 8.63. The molecule has 1 unspecified atom stereocenters. The lowest BCUT2D eigenvalue weighted by Crippen LogP contribution is -2.35. The van der Waals surface area contributed by atoms with Gasteiger partial charge in [0, 0.05) is 43.9 Å². The predicted molar refractivity (Wildman–Crippen MR) is 135 cm³/mol. The Labute approximate surface area is 213 Å². The largest absolute Gasteiger partial charge is 0.476 e. The normalized spacial score (nSPS) is 21.5. The zero-order valence-electron chi connectivity index (χ0n) is 20.8. The van der Waals surface area contributed by atoms with Crippen molar-refractivity contribution in [3.8, 4) is 22.8 Å². The van der Waals surface area contributed by atoms with E-state index in [4.69, 9.17) is 15.0 Å². The van der Waals surface area contributed by atoms with Crippen LogP contribution in [0.2, 0.25) is 0 Å². The lowest BCUT2D eigenvalue weighted by molar-refractivity contribution is -0.144. The van der Waals surface area contributed by atoms with Gasteiger partial charge in [-0.25, -0.2) is 19.9 Å². The number of hydrogen-bond donors (Lipinski definition) is 3. The van der Waals surface area contributed by atoms with Gasteiger partial charge in [-0.2, -0.15) is 0 Å². The zero-order chi connectivity index (χ0) is 26.2. The van der Waals surface area contributed by atoms with E-state index in [2.05, 4.69) is 44.3 Å². The quantitative estimate of drug-likeness (QED) is 0.451. The Bertz CT molecular complexity index is 1400. The van der Waals surface area contributed by atoms with Crippen molar-refractivity contribution in [2.75, 3.05) is 32.1 Å². The molecule has 12 nitrogen and oxygen atoms in total. The third-order valence-corrected chi connectivity index (χ3v) is 6.25. The molecule has 5 heterocycles. The minimum Gasteiger partial charge on any atom is -0.476 e. The van der Waals surface area contributed by atoms with Crippen molar-refractivity contribution in [3.05, 3.63) is 54.2 Å². The van der Waals surface area contributed by atoms with E-state index in [1.54, 1.807) is 37.5 Å². The molecule has 1 saturated heterocycles. The molecule has 1 fully saturated rings. The highest BCUT2D eigenvalue weighted by Gasteiger charge is 2.48. The first-order chi connectivity index (χ1) is 17.7. The number of likely N-dealkylation sites (N-methyl/N-ethyl adjacent to an activating group) is 1. The SMILES string of the molecule is CN1CCC(O)(c2cc(-c3cccc(-c4ccnc(N/C(=C/N)C5=NCC(C)(C)CO5)n4)n3)no2)C1=O. The maximum absolute atomic E-state index is 12.4. The van der Waals surface area contributed by atoms with Crippen LogP contribution in [0.1, 0.15) is 26.0 Å². The maximum atomic E-state index is 12.4. The van der Waals surface area contributed by atoms with Crippen molar-refractivity contribution in [2.45, 2.75) is 25.9 Å². The van der Waals surface area contributed by atoms with E-state index in [9.17, 15) is 9.90 Å². The molecule has 37 heavy (non-hydrogen) atoms. The van der Waals surface area contributed by atoms with Crippen LogP contribution in [0.5, 0.6) is 0 Å². The van der Waals surface area contributed by atoms with Crippen LogP contribution in [0.15, 0.2) is 57.9 Å². The van der Waals surface area contributed by atoms with Crippen molar-refractivity contribution < 1.29 is 19.2 Å². The summed E-state index contributed by atoms with van der Waals surface area (Å²) in [5.41, 5.74) is 6.53. The molecule has 0 bridgehead atoms. The van der Waals surface area contributed by atoms with Gasteiger partial charge in [0.15, 0.2) is 5.76 Å². The number of carbonyl (C=O) groups excluding carboxylic acids is 1. The van der Waals surface area contributed by atoms with Gasteiger partial charge in [-0.3, -0.25) is 4.79 Å². The topological polar surface area (TPSA) is 165 Å². The monoisotopic (exact) mass is 504 g/mol. The highest BCUT2D eigenvalue weighted by molar-refractivity contribution is 5.96. The summed E-state index contributed by atoms with van der Waals surface area (Å²) in [6.07, 6.45) is 3.20. The van der Waals surface area contributed by atoms with Crippen molar-refractivity contribution in [3.63, 3.8) is 0 Å². The van der Waals surface area contributed by atoms with Crippen LogP contribution in [-0.2, 0) is 15.1 Å². The fraction of sp³-hybridized carbons (Fsp3) is 0.360. The molecular weight excluding hydrogens is 476 g/mol. The lowest BCUT2D eigenvalue weighted by Gasteiger charge is -2.28. The average molecular weight is 505 g/mol. The van der Waals surface area contributed by atoms with Crippen LogP contribution >= 0.6 is 0 Å². The molecule has 0 radical (unpaired) electrons. The average Bonchev–Trinajstić information content (AvgIpc) is 3.50. The molecule has 192 valence electrons. The summed E-state index contributed by atoms with van der Waals surface area (Å²) < 4.78 is 11.1. The molecule has 1 atom stereocenters. The summed E-state index contributed by atoms with van der Waals surface area (Å²) >= 11 is 0. The fourth-order valence-corrected chi connectivity index (χ4v) is 4.05. The van der Waals surface area contributed by atoms with Crippen molar-refractivity contribution in [1.82, 2.24) is 25.0 Å². The molecule has 3 aromatic rings. The second-order valence-electron chi connectivity index (χ2n) is 9.87. The Morgan fingerprint density at radius 3 is 2.62 bits per heavy atom. The smallest absolute Gasteiger partial charge is 0.262 e. The van der Waals surface area contributed by atoms with Crippen LogP contribution in [-0.4, -0.2) is 68.7 Å². The number of nitrogens with two attached hydrogens (primary N) is 1. The Kier molecular flexibility index (Phi) is 6.12. The number of carbonyl (C=O) groups is 1. The van der Waals surface area contributed by atoms with E-state index in [1.807, 2.05) is 6.07 Å². The molecule has 3 aromatic heterocycles. The number of anilines is 1. The molecule has 0 aromatic carbocycles. The van der Waals surface area contributed by atoms with Gasteiger partial charge in [-0.05, 0) is 18.2 Å². The standard InChI is InChI=1S/C25H28N8O4/c1-24(2)13-28-21(36-14-24)19(12-26)31-23-27-9-7-17(30-23)15-5-4-6-16(29-15)18-11-20(37-32-18)25(35)8-10-33(3)22(25)34/h4-7,9,11-12,35H,8,10,13-14,26H2,1-3H3,(H,27,30,31)/b19-12+. The Morgan fingerprint density at radius 1 is 1.19 bits per heavy atom. The number of likely N-dealkylation sites (tertiary alicyclic amines) is 1. The van der Waals surface area contributed by atoms with E-state index in [0.29, 0.717) is 60.0 Å². The molecule has 4 N–H and O–H groups in total. The molecule has 1 amide bonds. The summed E-state index contributed by atoms with van der Waals surface area (Å²) in [5, 5.41) is 17.9. The molecule has 5 rings (SSSR count). The number of nitrogens with zero attached hydrogens (tertiary/aromatic N) is 6. The Balaban J connectivity index is 1.37. The first-order valence-corrected chi connectivity index (χ1v) is 11.8. The number of aromatic nitrogens is 4. The zero-order valence-corrected chi connectivity index (χ0v) is 20.8. The predicted octanol–water partition coefficient (Wildman–Crippen LogP) is 1.91. The minimum absolute atomic E-state index is 0.0400. The molecule has 0 spiro atoms. The number of ether oxygens (including phenoxy) is 1. The maximum Gasteiger partial charge on any atom is 0.262 e. The fourth-order valence-electron chi connectivity index (χ4n) is 4.05. The van der Waals surface area contributed by atoms with Gasteiger partial charge in [-0.1, -0.05) is 25.1 Å². The molecule has 0 aliphatic carbocycles. The third-order valence-electron chi connectivity index (χ3n) is 6.25. The second-order valence-corrected chi connectivity index (χ2v) is 9.87. The Morgan fingerprint density at radius 2 is 1.95 bits per heavy atom. The van der Waals surface area contributed by atoms with Gasteiger partial charge in [0.1, 0.15) is 11.4 Å². The van der Waals surface area contributed by atoms with Gasteiger partial charge in [0.2, 0.25) is 17.4 Å². The molecule has 2 aliphatic rings. The van der Waals surface area contributed by atoms with Crippen LogP contribution in [0, 0.1) is 5.41 Å². The first kappa shape index (κ1) is 24.4. The molecular formula is C25H28N8O4. The van der Waals surface area contributed by atoms with Gasteiger partial charge in [0.25, 0.3) is 5.91 Å². The summed E-state index contributed by atoms with van der Waals surface area (Å²) in [5.74, 6) is 0.380. The number of aliphatic imine (C=N–C) groups is 1. The number of nitrogens with one attached hydrogen (secondary N) is 1. The van der Waals surface area contributed by atoms with Crippen LogP contribution in [0.3, 0.4) is 0 Å². The van der Waals surface area contributed by atoms with E-state index in [-0.39, 0.29) is 17.6 Å². The van der Waals surface area contributed by atoms with Crippen LogP contribution < -0.4 is 11.1 Å². The van der Waals surface area contributed by atoms with Crippen molar-refractivity contribution in [2.24, 2.45) is 16.1 Å². The van der Waals surface area contributed by atoms with E-state index in [0.717, 1.165) is 0 Å². The van der Waals surface area contributed by atoms with Gasteiger partial charge in [0.05, 0.1) is 30.2 Å². The highest BCUT2D eigenvalue weighted by Crippen LogP contribution is 2.34. The van der Waals surface area contributed by atoms with Crippen molar-refractivity contribution >= 4 is 17.8 Å². The highest BCUT2D eigenvalue weighted by atomic mass is 16.5. The van der Waals surface area contributed by atoms with Crippen molar-refractivity contribution in [1.29, 1.82) is 0 Å². The minimum atomic E-state index is -1.72. The summed E-state index contributed by atoms with van der Waals surface area (Å²) in [7, 11) is 1.63.